The number of aliphatic hydroxyl groups is 1. The fourth-order valence-corrected chi connectivity index (χ4v) is 5.77. The number of rotatable bonds is 9. The van der Waals surface area contributed by atoms with Crippen molar-refractivity contribution in [2.45, 2.75) is 30.4 Å². The molecule has 0 amide bonds. The van der Waals surface area contributed by atoms with E-state index in [9.17, 15) is 28.7 Å². The molecule has 3 N–H and O–H groups in total. The summed E-state index contributed by atoms with van der Waals surface area (Å²) in [7, 11) is 0. The zero-order valence-electron chi connectivity index (χ0n) is 18.2. The Morgan fingerprint density at radius 3 is 2.32 bits per heavy atom. The van der Waals surface area contributed by atoms with Gasteiger partial charge in [-0.1, -0.05) is 11.6 Å². The molecule has 0 unspecified atom stereocenters. The fourth-order valence-electron chi connectivity index (χ4n) is 4.31. The summed E-state index contributed by atoms with van der Waals surface area (Å²) in [6.07, 6.45) is -1.18. The molecule has 3 rings (SSSR count). The molecule has 6 atom stereocenters. The minimum Gasteiger partial charge on any atom is -0.428 e. The summed E-state index contributed by atoms with van der Waals surface area (Å²) in [5.74, 6) is -6.84. The van der Waals surface area contributed by atoms with Crippen molar-refractivity contribution in [2.24, 2.45) is 29.4 Å². The van der Waals surface area contributed by atoms with Crippen molar-refractivity contribution in [3.63, 3.8) is 0 Å². The van der Waals surface area contributed by atoms with Gasteiger partial charge in [-0.15, -0.1) is 11.8 Å². The monoisotopic (exact) mass is 519 g/mol. The van der Waals surface area contributed by atoms with Gasteiger partial charge in [-0.2, -0.15) is 0 Å². The van der Waals surface area contributed by atoms with E-state index in [0.29, 0.717) is 4.90 Å². The molecular formula is C21H23ClFNO9S. The van der Waals surface area contributed by atoms with Crippen molar-refractivity contribution in [1.82, 2.24) is 0 Å². The van der Waals surface area contributed by atoms with Gasteiger partial charge in [-0.25, -0.2) is 9.18 Å². The van der Waals surface area contributed by atoms with E-state index in [2.05, 4.69) is 9.47 Å². The van der Waals surface area contributed by atoms with Crippen LogP contribution >= 0.6 is 23.4 Å². The third-order valence-corrected chi connectivity index (χ3v) is 7.31. The molecule has 0 aromatic heterocycles. The van der Waals surface area contributed by atoms with Gasteiger partial charge in [0.2, 0.25) is 13.6 Å². The number of halogens is 2. The van der Waals surface area contributed by atoms with Gasteiger partial charge >= 0.3 is 23.9 Å². The Labute approximate surface area is 203 Å². The van der Waals surface area contributed by atoms with Crippen molar-refractivity contribution in [1.29, 1.82) is 0 Å². The highest BCUT2D eigenvalue weighted by Crippen LogP contribution is 2.64. The van der Waals surface area contributed by atoms with Crippen LogP contribution in [0.4, 0.5) is 4.39 Å². The van der Waals surface area contributed by atoms with E-state index < -0.39 is 78.6 Å². The van der Waals surface area contributed by atoms with E-state index in [1.165, 1.54) is 30.0 Å². The van der Waals surface area contributed by atoms with Gasteiger partial charge < -0.3 is 29.8 Å². The van der Waals surface area contributed by atoms with Gasteiger partial charge in [0, 0.05) is 42.2 Å². The molecule has 0 saturated heterocycles. The first-order valence-corrected chi connectivity index (χ1v) is 11.5. The van der Waals surface area contributed by atoms with Gasteiger partial charge in [0.05, 0.1) is 17.0 Å². The first-order valence-electron chi connectivity index (χ1n) is 10.1. The lowest BCUT2D eigenvalue weighted by atomic mass is 9.81. The second kappa shape index (κ2) is 10.5. The van der Waals surface area contributed by atoms with Crippen LogP contribution < -0.4 is 5.73 Å². The van der Waals surface area contributed by atoms with E-state index >= 15 is 0 Å². The normalized spacial score (nSPS) is 29.1. The van der Waals surface area contributed by atoms with Crippen LogP contribution in [0.5, 0.6) is 0 Å². The summed E-state index contributed by atoms with van der Waals surface area (Å²) in [5.41, 5.74) is 4.68. The Morgan fingerprint density at radius 1 is 1.12 bits per heavy atom. The maximum Gasteiger partial charge on any atom is 0.329 e. The van der Waals surface area contributed by atoms with Crippen molar-refractivity contribution >= 4 is 47.2 Å². The fraction of sp³-hybridized carbons (Fsp3) is 0.524. The average molecular weight is 520 g/mol. The molecule has 2 aliphatic carbocycles. The molecule has 1 aromatic carbocycles. The second-order valence-corrected chi connectivity index (χ2v) is 9.45. The number of esters is 4. The Bertz CT molecular complexity index is 995. The molecular weight excluding hydrogens is 497 g/mol. The number of carbonyl (C=O) groups excluding carboxylic acids is 4. The van der Waals surface area contributed by atoms with Crippen LogP contribution in [0.25, 0.3) is 0 Å². The number of hydrogen-bond acceptors (Lipinski definition) is 11. The average Bonchev–Trinajstić information content (AvgIpc) is 3.47. The number of ether oxygens (including phenoxy) is 4. The SMILES string of the molecule is CC(=O)OCOC(=O)[C@H]1[C@@H]2[C@H](O)[C@@H](CSc3ccc(F)c(Cl)c3)[C@@](N)(C(=O)OCOC(C)=O)[C@H]12. The molecule has 13 heteroatoms. The molecule has 2 saturated carbocycles. The Balaban J connectivity index is 1.76. The van der Waals surface area contributed by atoms with E-state index in [1.54, 1.807) is 0 Å². The summed E-state index contributed by atoms with van der Waals surface area (Å²) in [6, 6.07) is 4.07. The van der Waals surface area contributed by atoms with E-state index in [4.69, 9.17) is 26.8 Å². The van der Waals surface area contributed by atoms with E-state index in [0.717, 1.165) is 13.8 Å². The minimum absolute atomic E-state index is 0.0878. The van der Waals surface area contributed by atoms with E-state index in [1.807, 2.05) is 0 Å². The summed E-state index contributed by atoms with van der Waals surface area (Å²) in [6.45, 7) is 0.976. The molecule has 1 aromatic rings. The molecule has 0 aliphatic heterocycles. The third kappa shape index (κ3) is 5.29. The van der Waals surface area contributed by atoms with Crippen LogP contribution in [-0.2, 0) is 38.1 Å². The van der Waals surface area contributed by atoms with Gasteiger partial charge in [0.1, 0.15) is 11.4 Å². The molecule has 2 aliphatic rings. The quantitative estimate of drug-likeness (QED) is 0.275. The van der Waals surface area contributed by atoms with Crippen LogP contribution in [-0.4, -0.2) is 60.0 Å². The number of aliphatic hydroxyl groups excluding tert-OH is 1. The molecule has 0 spiro atoms. The van der Waals surface area contributed by atoms with Crippen LogP contribution in [0.1, 0.15) is 13.8 Å². The van der Waals surface area contributed by atoms with Gasteiger partial charge in [0.15, 0.2) is 0 Å². The smallest absolute Gasteiger partial charge is 0.329 e. The van der Waals surface area contributed by atoms with Crippen LogP contribution in [0.2, 0.25) is 5.02 Å². The van der Waals surface area contributed by atoms with Crippen molar-refractivity contribution < 1.29 is 47.6 Å². The number of fused-ring (bicyclic) bond motifs is 1. The number of nitrogens with two attached hydrogens (primary N) is 1. The standard InChI is InChI=1S/C21H23ClFNO9S/c1-9(25)30-7-32-19(28)16-15-17(16)21(24,20(29)33-8-31-10(2)26)12(18(15)27)6-34-11-3-4-14(23)13(22)5-11/h3-5,12,15-18,27H,6-8,24H2,1-2H3/t12-,15+,16+,17+,18-,21+/m1/s1. The number of hydrogen-bond donors (Lipinski definition) is 2. The largest absolute Gasteiger partial charge is 0.428 e. The van der Waals surface area contributed by atoms with Crippen molar-refractivity contribution in [2.75, 3.05) is 19.3 Å². The number of benzene rings is 1. The molecule has 0 heterocycles. The summed E-state index contributed by atoms with van der Waals surface area (Å²) >= 11 is 7.00. The zero-order valence-corrected chi connectivity index (χ0v) is 19.8. The first-order chi connectivity index (χ1) is 16.0. The van der Waals surface area contributed by atoms with Crippen molar-refractivity contribution in [3.8, 4) is 0 Å². The minimum atomic E-state index is -1.81. The van der Waals surface area contributed by atoms with Gasteiger partial charge in [0.25, 0.3) is 0 Å². The molecule has 2 fully saturated rings. The Kier molecular flexibility index (Phi) is 8.06. The summed E-state index contributed by atoms with van der Waals surface area (Å²) in [4.78, 5) is 47.9. The summed E-state index contributed by atoms with van der Waals surface area (Å²) in [5, 5.41) is 10.9. The molecule has 10 nitrogen and oxygen atoms in total. The maximum atomic E-state index is 13.4. The van der Waals surface area contributed by atoms with Gasteiger partial charge in [-0.05, 0) is 18.2 Å². The highest BCUT2D eigenvalue weighted by molar-refractivity contribution is 7.99. The van der Waals surface area contributed by atoms with Crippen molar-refractivity contribution in [3.05, 3.63) is 29.0 Å². The lowest BCUT2D eigenvalue weighted by molar-refractivity contribution is -0.173. The molecule has 186 valence electrons. The maximum absolute atomic E-state index is 13.4. The first kappa shape index (κ1) is 26.2. The zero-order chi connectivity index (χ0) is 25.2. The topological polar surface area (TPSA) is 151 Å². The number of thioether (sulfide) groups is 1. The number of carbonyl (C=O) groups is 4. The Hall–Kier alpha value is -2.41. The van der Waals surface area contributed by atoms with E-state index in [-0.39, 0.29) is 10.8 Å². The predicted octanol–water partition coefficient (Wildman–Crippen LogP) is 1.25. The predicted molar refractivity (Wildman–Crippen MR) is 114 cm³/mol. The highest BCUT2D eigenvalue weighted by atomic mass is 35.5. The molecule has 0 radical (unpaired) electrons. The lowest BCUT2D eigenvalue weighted by Gasteiger charge is -2.34. The van der Waals surface area contributed by atoms with Crippen LogP contribution in [0.3, 0.4) is 0 Å². The molecule has 34 heavy (non-hydrogen) atoms. The lowest BCUT2D eigenvalue weighted by Crippen LogP contribution is -2.59. The molecule has 0 bridgehead atoms. The van der Waals surface area contributed by atoms with Crippen LogP contribution in [0, 0.1) is 29.5 Å². The third-order valence-electron chi connectivity index (χ3n) is 5.91. The van der Waals surface area contributed by atoms with Gasteiger partial charge in [-0.3, -0.25) is 14.4 Å². The van der Waals surface area contributed by atoms with Crippen LogP contribution in [0.15, 0.2) is 23.1 Å². The highest BCUT2D eigenvalue weighted by Gasteiger charge is 2.78. The second-order valence-electron chi connectivity index (χ2n) is 7.95. The Morgan fingerprint density at radius 2 is 1.74 bits per heavy atom. The summed E-state index contributed by atoms with van der Waals surface area (Å²) < 4.78 is 32.6.